The first-order valence-electron chi connectivity index (χ1n) is 4.66. The van der Waals surface area contributed by atoms with Crippen molar-refractivity contribution >= 4 is 22.6 Å². The van der Waals surface area contributed by atoms with Crippen LogP contribution in [0.4, 0.5) is 0 Å². The van der Waals surface area contributed by atoms with Crippen molar-refractivity contribution in [2.45, 2.75) is 23.4 Å². The third-order valence-corrected chi connectivity index (χ3v) is 3.95. The van der Waals surface area contributed by atoms with Crippen LogP contribution in [0.5, 0.6) is 0 Å². The smallest absolute Gasteiger partial charge is 0.0773 e. The van der Waals surface area contributed by atoms with Crippen LogP contribution < -0.4 is 0 Å². The Kier molecular flexibility index (Phi) is 2.89. The lowest BCUT2D eigenvalue weighted by atomic mass is 10.1. The van der Waals surface area contributed by atoms with Gasteiger partial charge < -0.3 is 4.74 Å². The Balaban J connectivity index is 2.22. The number of benzene rings is 1. The van der Waals surface area contributed by atoms with E-state index in [2.05, 4.69) is 53.8 Å². The molecule has 0 saturated carbocycles. The molecule has 2 atom stereocenters. The molecule has 1 nitrogen and oxygen atoms in total. The van der Waals surface area contributed by atoms with Crippen LogP contribution in [-0.2, 0) is 11.2 Å². The van der Waals surface area contributed by atoms with Crippen LogP contribution in [0.25, 0.3) is 0 Å². The van der Waals surface area contributed by atoms with E-state index in [4.69, 9.17) is 4.74 Å². The van der Waals surface area contributed by atoms with Crippen LogP contribution >= 0.6 is 22.6 Å². The molecule has 0 saturated heterocycles. The highest BCUT2D eigenvalue weighted by molar-refractivity contribution is 14.1. The maximum atomic E-state index is 5.69. The molecule has 2 heteroatoms. The van der Waals surface area contributed by atoms with E-state index in [0.717, 1.165) is 13.0 Å². The highest BCUT2D eigenvalue weighted by atomic mass is 127. The van der Waals surface area contributed by atoms with Gasteiger partial charge in [-0.1, -0.05) is 46.9 Å². The number of fused-ring (bicyclic) bond motifs is 1. The van der Waals surface area contributed by atoms with Crippen LogP contribution in [0, 0.1) is 0 Å². The highest BCUT2D eigenvalue weighted by Gasteiger charge is 2.30. The van der Waals surface area contributed by atoms with Gasteiger partial charge in [0.15, 0.2) is 0 Å². The van der Waals surface area contributed by atoms with Crippen molar-refractivity contribution in [3.63, 3.8) is 0 Å². The van der Waals surface area contributed by atoms with Gasteiger partial charge in [-0.05, 0) is 18.1 Å². The maximum Gasteiger partial charge on any atom is 0.0773 e. The molecule has 0 spiro atoms. The van der Waals surface area contributed by atoms with Crippen LogP contribution in [0.3, 0.4) is 0 Å². The van der Waals surface area contributed by atoms with Crippen molar-refractivity contribution in [3.05, 3.63) is 35.4 Å². The van der Waals surface area contributed by atoms with Crippen LogP contribution in [-0.4, -0.2) is 12.7 Å². The fraction of sp³-hybridized carbons (Fsp3) is 0.455. The lowest BCUT2D eigenvalue weighted by Gasteiger charge is -2.13. The molecule has 0 bridgehead atoms. The van der Waals surface area contributed by atoms with Crippen molar-refractivity contribution in [1.82, 2.24) is 0 Å². The summed E-state index contributed by atoms with van der Waals surface area (Å²) < 4.78 is 6.23. The predicted octanol–water partition coefficient (Wildman–Crippen LogP) is 3.12. The standard InChI is InChI=1S/C11H13IO/c1-2-13-10-7-8-5-3-4-6-9(8)11(10)12/h3-6,10-11H,2,7H2,1H3/t10-,11-/m0/s1. The molecular weight excluding hydrogens is 275 g/mol. The third kappa shape index (κ3) is 1.74. The highest BCUT2D eigenvalue weighted by Crippen LogP contribution is 2.39. The SMILES string of the molecule is CCO[C@H]1Cc2ccccc2[C@@H]1I. The Bertz CT molecular complexity index is 298. The molecule has 0 heterocycles. The molecule has 1 aliphatic rings. The second-order valence-electron chi connectivity index (χ2n) is 3.30. The molecule has 70 valence electrons. The van der Waals surface area contributed by atoms with Gasteiger partial charge in [0.1, 0.15) is 0 Å². The topological polar surface area (TPSA) is 9.23 Å². The quantitative estimate of drug-likeness (QED) is 0.600. The Hall–Kier alpha value is -0.0900. The zero-order valence-corrected chi connectivity index (χ0v) is 9.82. The van der Waals surface area contributed by atoms with E-state index in [0.29, 0.717) is 10.0 Å². The minimum atomic E-state index is 0.392. The van der Waals surface area contributed by atoms with Crippen LogP contribution in [0.15, 0.2) is 24.3 Å². The molecule has 1 aromatic rings. The Morgan fingerprint density at radius 1 is 1.46 bits per heavy atom. The first kappa shape index (κ1) is 9.46. The summed E-state index contributed by atoms with van der Waals surface area (Å²) >= 11 is 2.48. The molecular formula is C11H13IO. The van der Waals surface area contributed by atoms with Crippen LogP contribution in [0.2, 0.25) is 0 Å². The van der Waals surface area contributed by atoms with Gasteiger partial charge in [-0.15, -0.1) is 0 Å². The van der Waals surface area contributed by atoms with E-state index in [1.165, 1.54) is 11.1 Å². The zero-order valence-electron chi connectivity index (χ0n) is 7.66. The molecule has 2 rings (SSSR count). The van der Waals surface area contributed by atoms with Gasteiger partial charge in [-0.2, -0.15) is 0 Å². The van der Waals surface area contributed by atoms with E-state index >= 15 is 0 Å². The average Bonchev–Trinajstić information content (AvgIpc) is 2.46. The van der Waals surface area contributed by atoms with Gasteiger partial charge >= 0.3 is 0 Å². The number of rotatable bonds is 2. The first-order valence-corrected chi connectivity index (χ1v) is 5.91. The average molecular weight is 288 g/mol. The lowest BCUT2D eigenvalue weighted by molar-refractivity contribution is 0.0718. The molecule has 13 heavy (non-hydrogen) atoms. The molecule has 0 aliphatic heterocycles. The maximum absolute atomic E-state index is 5.69. The molecule has 1 aromatic carbocycles. The van der Waals surface area contributed by atoms with Gasteiger partial charge in [0.25, 0.3) is 0 Å². The molecule has 0 radical (unpaired) electrons. The monoisotopic (exact) mass is 288 g/mol. The summed E-state index contributed by atoms with van der Waals surface area (Å²) in [5.74, 6) is 0. The summed E-state index contributed by atoms with van der Waals surface area (Å²) in [4.78, 5) is 0. The van der Waals surface area contributed by atoms with Crippen molar-refractivity contribution in [2.75, 3.05) is 6.61 Å². The minimum Gasteiger partial charge on any atom is -0.377 e. The molecule has 0 amide bonds. The summed E-state index contributed by atoms with van der Waals surface area (Å²) in [5, 5.41) is 0. The fourth-order valence-corrected chi connectivity index (χ4v) is 2.94. The number of alkyl halides is 1. The van der Waals surface area contributed by atoms with Gasteiger partial charge in [-0.25, -0.2) is 0 Å². The minimum absolute atomic E-state index is 0.392. The summed E-state index contributed by atoms with van der Waals surface area (Å²) in [5.41, 5.74) is 2.92. The Morgan fingerprint density at radius 2 is 2.23 bits per heavy atom. The number of halogens is 1. The largest absolute Gasteiger partial charge is 0.377 e. The summed E-state index contributed by atoms with van der Waals surface area (Å²) in [6.45, 7) is 2.88. The van der Waals surface area contributed by atoms with Crippen LogP contribution in [0.1, 0.15) is 22.0 Å². The van der Waals surface area contributed by atoms with Crippen molar-refractivity contribution < 1.29 is 4.74 Å². The van der Waals surface area contributed by atoms with E-state index in [1.807, 2.05) is 0 Å². The zero-order chi connectivity index (χ0) is 9.26. The van der Waals surface area contributed by atoms with Gasteiger partial charge in [-0.3, -0.25) is 0 Å². The second-order valence-corrected chi connectivity index (χ2v) is 4.64. The second kappa shape index (κ2) is 3.96. The summed E-state index contributed by atoms with van der Waals surface area (Å²) in [6, 6.07) is 8.64. The third-order valence-electron chi connectivity index (χ3n) is 2.48. The summed E-state index contributed by atoms with van der Waals surface area (Å²) in [7, 11) is 0. The normalized spacial score (nSPS) is 26.0. The van der Waals surface area contributed by atoms with E-state index in [1.54, 1.807) is 0 Å². The predicted molar refractivity (Wildman–Crippen MR) is 62.3 cm³/mol. The molecule has 0 N–H and O–H groups in total. The fourth-order valence-electron chi connectivity index (χ4n) is 1.87. The van der Waals surface area contributed by atoms with E-state index < -0.39 is 0 Å². The molecule has 0 fully saturated rings. The number of hydrogen-bond donors (Lipinski definition) is 0. The van der Waals surface area contributed by atoms with E-state index in [9.17, 15) is 0 Å². The van der Waals surface area contributed by atoms with Crippen molar-refractivity contribution in [3.8, 4) is 0 Å². The number of hydrogen-bond acceptors (Lipinski definition) is 1. The molecule has 0 aromatic heterocycles. The molecule has 0 unspecified atom stereocenters. The van der Waals surface area contributed by atoms with Gasteiger partial charge in [0, 0.05) is 13.0 Å². The Morgan fingerprint density at radius 3 is 2.92 bits per heavy atom. The lowest BCUT2D eigenvalue weighted by Crippen LogP contribution is -2.14. The van der Waals surface area contributed by atoms with Gasteiger partial charge in [0.2, 0.25) is 0 Å². The van der Waals surface area contributed by atoms with Crippen molar-refractivity contribution in [2.24, 2.45) is 0 Å². The van der Waals surface area contributed by atoms with Crippen molar-refractivity contribution in [1.29, 1.82) is 0 Å². The molecule has 1 aliphatic carbocycles. The number of ether oxygens (including phenoxy) is 1. The van der Waals surface area contributed by atoms with E-state index in [-0.39, 0.29) is 0 Å². The first-order chi connectivity index (χ1) is 6.33. The van der Waals surface area contributed by atoms with Gasteiger partial charge in [0.05, 0.1) is 10.0 Å². The Labute approximate surface area is 92.6 Å². The summed E-state index contributed by atoms with van der Waals surface area (Å²) in [6.07, 6.45) is 1.47.